The highest BCUT2D eigenvalue weighted by Crippen LogP contribution is 2.34. The molecule has 0 amide bonds. The maximum atomic E-state index is 11.7. The summed E-state index contributed by atoms with van der Waals surface area (Å²) in [6.07, 6.45) is 4.54. The van der Waals surface area contributed by atoms with E-state index in [0.29, 0.717) is 24.5 Å². The first-order chi connectivity index (χ1) is 14.1. The van der Waals surface area contributed by atoms with Gasteiger partial charge in [-0.05, 0) is 43.7 Å². The fourth-order valence-corrected chi connectivity index (χ4v) is 3.75. The quantitative estimate of drug-likeness (QED) is 0.608. The number of Topliss-reactive ketones (excluding diaryl/α,β-unsaturated/α-hetero) is 1. The molecule has 1 aliphatic heterocycles. The molecule has 0 unspecified atom stereocenters. The van der Waals surface area contributed by atoms with E-state index in [1.807, 2.05) is 36.4 Å². The molecule has 0 bridgehead atoms. The van der Waals surface area contributed by atoms with Crippen LogP contribution in [0.3, 0.4) is 0 Å². The van der Waals surface area contributed by atoms with Crippen molar-refractivity contribution in [1.82, 2.24) is 14.5 Å². The van der Waals surface area contributed by atoms with E-state index < -0.39 is 0 Å². The zero-order valence-corrected chi connectivity index (χ0v) is 17.1. The monoisotopic (exact) mass is 408 g/mol. The molecule has 4 rings (SSSR count). The van der Waals surface area contributed by atoms with Gasteiger partial charge in [-0.15, -0.1) is 0 Å². The Morgan fingerprint density at radius 2 is 2.10 bits per heavy atom. The summed E-state index contributed by atoms with van der Waals surface area (Å²) in [5.41, 5.74) is 4.20. The van der Waals surface area contributed by atoms with E-state index in [2.05, 4.69) is 14.5 Å². The first-order valence-electron chi connectivity index (χ1n) is 9.43. The van der Waals surface area contributed by atoms with Crippen LogP contribution in [0.2, 0.25) is 5.02 Å². The molecule has 1 aliphatic rings. The number of carbonyl (C=O) groups is 1. The minimum Gasteiger partial charge on any atom is -0.378 e. The van der Waals surface area contributed by atoms with Crippen LogP contribution in [0.1, 0.15) is 48.6 Å². The third-order valence-corrected chi connectivity index (χ3v) is 5.10. The lowest BCUT2D eigenvalue weighted by Gasteiger charge is -2.15. The second-order valence-electron chi connectivity index (χ2n) is 6.99. The highest BCUT2D eigenvalue weighted by molar-refractivity contribution is 6.31. The van der Waals surface area contributed by atoms with Crippen LogP contribution in [0, 0.1) is 0 Å². The molecule has 0 N–H and O–H groups in total. The van der Waals surface area contributed by atoms with E-state index >= 15 is 0 Å². The number of imidazole rings is 1. The van der Waals surface area contributed by atoms with Crippen molar-refractivity contribution in [1.29, 1.82) is 0 Å². The summed E-state index contributed by atoms with van der Waals surface area (Å²) in [5.74, 6) is 0.910. The Hall–Kier alpha value is -2.83. The van der Waals surface area contributed by atoms with Crippen molar-refractivity contribution in [2.75, 3.05) is 7.11 Å². The van der Waals surface area contributed by atoms with Gasteiger partial charge in [-0.1, -0.05) is 17.7 Å². The molecule has 3 aromatic rings. The number of rotatable bonds is 6. The SMILES string of the molecule is COCc1cnc2n1-c1ccc(Cl)cc1C(c1ccccn1)=N[C@H]2CCC(C)=O. The predicted molar refractivity (Wildman–Crippen MR) is 112 cm³/mol. The van der Waals surface area contributed by atoms with E-state index in [4.69, 9.17) is 21.3 Å². The minimum absolute atomic E-state index is 0.125. The van der Waals surface area contributed by atoms with Gasteiger partial charge in [0, 0.05) is 30.3 Å². The molecule has 0 radical (unpaired) electrons. The average Bonchev–Trinajstić information content (AvgIpc) is 3.06. The number of ether oxygens (including phenoxy) is 1. The Morgan fingerprint density at radius 3 is 2.83 bits per heavy atom. The number of hydrogen-bond donors (Lipinski definition) is 0. The third-order valence-electron chi connectivity index (χ3n) is 4.87. The second kappa shape index (κ2) is 8.27. The Kier molecular flexibility index (Phi) is 5.56. The molecule has 0 saturated heterocycles. The largest absolute Gasteiger partial charge is 0.378 e. The van der Waals surface area contributed by atoms with E-state index in [1.54, 1.807) is 26.4 Å². The molecular formula is C22H21ClN4O2. The van der Waals surface area contributed by atoms with Gasteiger partial charge in [0.1, 0.15) is 17.6 Å². The lowest BCUT2D eigenvalue weighted by molar-refractivity contribution is -0.117. The molecule has 0 spiro atoms. The van der Waals surface area contributed by atoms with Crippen molar-refractivity contribution in [2.24, 2.45) is 4.99 Å². The maximum Gasteiger partial charge on any atom is 0.138 e. The molecule has 0 aliphatic carbocycles. The number of carbonyl (C=O) groups excluding carboxylic acids is 1. The summed E-state index contributed by atoms with van der Waals surface area (Å²) in [7, 11) is 1.66. The molecule has 6 nitrogen and oxygen atoms in total. The average molecular weight is 409 g/mol. The summed E-state index contributed by atoms with van der Waals surface area (Å²) >= 11 is 6.35. The zero-order chi connectivity index (χ0) is 20.4. The van der Waals surface area contributed by atoms with Crippen LogP contribution < -0.4 is 0 Å². The van der Waals surface area contributed by atoms with E-state index in [9.17, 15) is 4.79 Å². The number of aliphatic imine (C=N–C) groups is 1. The van der Waals surface area contributed by atoms with E-state index in [-0.39, 0.29) is 11.8 Å². The molecule has 29 heavy (non-hydrogen) atoms. The standard InChI is InChI=1S/C22H21ClN4O2/c1-14(28)6-8-19-22-25-12-16(13-29-2)27(22)20-9-7-15(23)11-17(20)21(26-19)18-5-3-4-10-24-18/h3-5,7,9-12,19H,6,8,13H2,1-2H3/t19-/m0/s1. The van der Waals surface area contributed by atoms with Crippen LogP contribution >= 0.6 is 11.6 Å². The highest BCUT2D eigenvalue weighted by atomic mass is 35.5. The fourth-order valence-electron chi connectivity index (χ4n) is 3.58. The maximum absolute atomic E-state index is 11.7. The number of pyridine rings is 1. The van der Waals surface area contributed by atoms with E-state index in [0.717, 1.165) is 34.2 Å². The van der Waals surface area contributed by atoms with Crippen molar-refractivity contribution in [2.45, 2.75) is 32.4 Å². The van der Waals surface area contributed by atoms with Crippen molar-refractivity contribution >= 4 is 23.1 Å². The van der Waals surface area contributed by atoms with Crippen molar-refractivity contribution in [3.63, 3.8) is 0 Å². The van der Waals surface area contributed by atoms with Crippen LogP contribution in [-0.4, -0.2) is 33.1 Å². The molecule has 1 atom stereocenters. The van der Waals surface area contributed by atoms with Crippen LogP contribution in [0.4, 0.5) is 0 Å². The lowest BCUT2D eigenvalue weighted by atomic mass is 10.0. The Balaban J connectivity index is 1.97. The number of halogens is 1. The number of nitrogens with zero attached hydrogens (tertiary/aromatic N) is 4. The van der Waals surface area contributed by atoms with Gasteiger partial charge >= 0.3 is 0 Å². The van der Waals surface area contributed by atoms with Crippen molar-refractivity contribution < 1.29 is 9.53 Å². The summed E-state index contributed by atoms with van der Waals surface area (Å²) in [5, 5.41) is 0.615. The Morgan fingerprint density at radius 1 is 1.24 bits per heavy atom. The van der Waals surface area contributed by atoms with Crippen LogP contribution in [-0.2, 0) is 16.1 Å². The van der Waals surface area contributed by atoms with Gasteiger partial charge in [0.05, 0.1) is 35.6 Å². The number of aromatic nitrogens is 3. The van der Waals surface area contributed by atoms with Gasteiger partial charge in [-0.25, -0.2) is 4.98 Å². The van der Waals surface area contributed by atoms with Gasteiger partial charge in [-0.3, -0.25) is 14.5 Å². The minimum atomic E-state index is -0.285. The summed E-state index contributed by atoms with van der Waals surface area (Å²) < 4.78 is 7.45. The third kappa shape index (κ3) is 3.86. The van der Waals surface area contributed by atoms with E-state index in [1.165, 1.54) is 0 Å². The molecule has 2 aromatic heterocycles. The first-order valence-corrected chi connectivity index (χ1v) is 9.80. The topological polar surface area (TPSA) is 69.4 Å². The number of benzene rings is 1. The number of hydrogen-bond acceptors (Lipinski definition) is 5. The molecular weight excluding hydrogens is 388 g/mol. The van der Waals surface area contributed by atoms with Gasteiger partial charge < -0.3 is 9.53 Å². The fraction of sp³-hybridized carbons (Fsp3) is 0.273. The summed E-state index contributed by atoms with van der Waals surface area (Å²) in [6.45, 7) is 2.00. The predicted octanol–water partition coefficient (Wildman–Crippen LogP) is 4.33. The number of methoxy groups -OCH3 is 1. The van der Waals surface area contributed by atoms with Gasteiger partial charge in [0.15, 0.2) is 0 Å². The molecule has 1 aromatic carbocycles. The Bertz CT molecular complexity index is 1080. The summed E-state index contributed by atoms with van der Waals surface area (Å²) in [4.78, 5) is 25.9. The smallest absolute Gasteiger partial charge is 0.138 e. The lowest BCUT2D eigenvalue weighted by Crippen LogP contribution is -2.10. The van der Waals surface area contributed by atoms with Gasteiger partial charge in [0.2, 0.25) is 0 Å². The molecule has 7 heteroatoms. The van der Waals surface area contributed by atoms with Crippen LogP contribution in [0.15, 0.2) is 53.8 Å². The molecule has 0 fully saturated rings. The van der Waals surface area contributed by atoms with Crippen molar-refractivity contribution in [3.8, 4) is 5.69 Å². The molecule has 0 saturated carbocycles. The Labute approximate surface area is 174 Å². The number of fused-ring (bicyclic) bond motifs is 3. The van der Waals surface area contributed by atoms with Crippen LogP contribution in [0.5, 0.6) is 0 Å². The molecule has 3 heterocycles. The second-order valence-corrected chi connectivity index (χ2v) is 7.42. The van der Waals surface area contributed by atoms with Gasteiger partial charge in [-0.2, -0.15) is 0 Å². The zero-order valence-electron chi connectivity index (χ0n) is 16.3. The van der Waals surface area contributed by atoms with Crippen LogP contribution in [0.25, 0.3) is 5.69 Å². The van der Waals surface area contributed by atoms with Gasteiger partial charge in [0.25, 0.3) is 0 Å². The highest BCUT2D eigenvalue weighted by Gasteiger charge is 2.28. The normalized spacial score (nSPS) is 15.3. The first kappa shape index (κ1) is 19.5. The number of ketones is 1. The van der Waals surface area contributed by atoms with Crippen molar-refractivity contribution in [3.05, 3.63) is 76.6 Å². The summed E-state index contributed by atoms with van der Waals surface area (Å²) in [6, 6.07) is 11.2. The molecule has 148 valence electrons.